The molecular formula is C38H40N12O8S2. The SMILES string of the molecule is CC(CO)NN(c1ccc(C=Cc2ccc(N(NC(C)CO)c3ncnc(Nc4ccccc4)n3)cc2S(=O)(=O)O)c(S(=O)(=O)O)c1)c1ncnc(Nc2ccccc2)n1. The zero-order chi connectivity index (χ0) is 42.9. The third kappa shape index (κ3) is 11.2. The van der Waals surface area contributed by atoms with Gasteiger partial charge in [-0.05, 0) is 73.5 Å². The van der Waals surface area contributed by atoms with Crippen molar-refractivity contribution < 1.29 is 36.2 Å². The number of benzene rings is 4. The molecule has 2 unspecified atom stereocenters. The third-order valence-corrected chi connectivity index (χ3v) is 10.2. The van der Waals surface area contributed by atoms with Crippen molar-refractivity contribution in [2.75, 3.05) is 33.9 Å². The fourth-order valence-corrected chi connectivity index (χ4v) is 6.86. The van der Waals surface area contributed by atoms with Gasteiger partial charge in [0.15, 0.2) is 0 Å². The zero-order valence-corrected chi connectivity index (χ0v) is 33.6. The van der Waals surface area contributed by atoms with Crippen molar-refractivity contribution in [3.05, 3.63) is 121 Å². The highest BCUT2D eigenvalue weighted by atomic mass is 32.2. The van der Waals surface area contributed by atoms with E-state index in [0.29, 0.717) is 11.4 Å². The van der Waals surface area contributed by atoms with Crippen molar-refractivity contribution in [3.8, 4) is 0 Å². The molecule has 0 aliphatic carbocycles. The average molecular weight is 857 g/mol. The molecule has 6 rings (SSSR count). The number of aromatic nitrogens is 6. The average Bonchev–Trinajstić information content (AvgIpc) is 3.24. The van der Waals surface area contributed by atoms with Crippen molar-refractivity contribution in [1.29, 1.82) is 0 Å². The topological polar surface area (TPSA) is 281 Å². The van der Waals surface area contributed by atoms with Crippen molar-refractivity contribution in [2.24, 2.45) is 0 Å². The van der Waals surface area contributed by atoms with E-state index in [1.807, 2.05) is 36.4 Å². The second-order valence-electron chi connectivity index (χ2n) is 13.0. The minimum atomic E-state index is -4.93. The maximum atomic E-state index is 12.8. The molecule has 0 aliphatic heterocycles. The summed E-state index contributed by atoms with van der Waals surface area (Å²) in [7, 11) is -9.86. The van der Waals surface area contributed by atoms with E-state index in [0.717, 1.165) is 12.1 Å². The Balaban J connectivity index is 1.36. The lowest BCUT2D eigenvalue weighted by Crippen LogP contribution is -2.43. The molecule has 0 bridgehead atoms. The van der Waals surface area contributed by atoms with Gasteiger partial charge < -0.3 is 20.8 Å². The predicted octanol–water partition coefficient (Wildman–Crippen LogP) is 4.25. The van der Waals surface area contributed by atoms with Gasteiger partial charge in [0.2, 0.25) is 23.8 Å². The Morgan fingerprint density at radius 3 is 1.32 bits per heavy atom. The number of aliphatic hydroxyl groups excluding tert-OH is 2. The van der Waals surface area contributed by atoms with Crippen LogP contribution in [-0.2, 0) is 20.2 Å². The van der Waals surface area contributed by atoms with Gasteiger partial charge in [-0.25, -0.2) is 30.8 Å². The Labute approximate surface area is 345 Å². The Kier molecular flexibility index (Phi) is 13.7. The Morgan fingerprint density at radius 1 is 0.583 bits per heavy atom. The van der Waals surface area contributed by atoms with Gasteiger partial charge >= 0.3 is 0 Å². The summed E-state index contributed by atoms with van der Waals surface area (Å²) in [6.07, 6.45) is 4.95. The predicted molar refractivity (Wildman–Crippen MR) is 224 cm³/mol. The molecule has 0 fully saturated rings. The monoisotopic (exact) mass is 856 g/mol. The lowest BCUT2D eigenvalue weighted by atomic mass is 10.1. The number of anilines is 8. The molecule has 60 heavy (non-hydrogen) atoms. The fraction of sp³-hybridized carbons (Fsp3) is 0.158. The summed E-state index contributed by atoms with van der Waals surface area (Å²) >= 11 is 0. The normalized spacial score (nSPS) is 12.8. The van der Waals surface area contributed by atoms with Crippen molar-refractivity contribution in [2.45, 2.75) is 35.7 Å². The number of hydrazine groups is 2. The molecule has 6 aromatic rings. The quantitative estimate of drug-likeness (QED) is 0.0341. The number of nitrogens with zero attached hydrogens (tertiary/aromatic N) is 8. The van der Waals surface area contributed by atoms with Gasteiger partial charge in [0.1, 0.15) is 22.4 Å². The van der Waals surface area contributed by atoms with Gasteiger partial charge in [0.25, 0.3) is 20.2 Å². The second-order valence-corrected chi connectivity index (χ2v) is 15.8. The summed E-state index contributed by atoms with van der Waals surface area (Å²) in [5, 5.41) is 28.4. The standard InChI is InChI=1S/C38H40N12O8S2/c1-25(21-51)47-49(37-41-23-39-35(45-37)43-29-9-5-3-6-10-29)31-17-15-27(33(19-31)59(53,54)55)13-14-28-16-18-32(20-34(28)60(56,57)58)50(48-26(2)22-52)38-42-24-40-36(46-38)44-30-11-7-4-8-12-30/h3-20,23-26,47-48,51-52H,21-22H2,1-2H3,(H,53,54,55)(H,56,57,58)(H,39,41,43,45)(H,40,42,44,46). The first-order valence-corrected chi connectivity index (χ1v) is 20.9. The Bertz CT molecular complexity index is 2480. The first-order chi connectivity index (χ1) is 28.7. The van der Waals surface area contributed by atoms with Crippen LogP contribution >= 0.6 is 0 Å². The number of nitrogens with one attached hydrogen (secondary N) is 4. The molecule has 0 amide bonds. The van der Waals surface area contributed by atoms with E-state index in [1.54, 1.807) is 38.1 Å². The molecule has 20 nitrogen and oxygen atoms in total. The molecule has 0 radical (unpaired) electrons. The smallest absolute Gasteiger partial charge is 0.295 e. The van der Waals surface area contributed by atoms with E-state index >= 15 is 0 Å². The Morgan fingerprint density at radius 2 is 0.967 bits per heavy atom. The maximum Gasteiger partial charge on any atom is 0.295 e. The van der Waals surface area contributed by atoms with Gasteiger partial charge in [-0.3, -0.25) is 9.11 Å². The number of rotatable bonds is 18. The highest BCUT2D eigenvalue weighted by Gasteiger charge is 2.24. The summed E-state index contributed by atoms with van der Waals surface area (Å²) in [6, 6.07) is 24.9. The molecule has 4 aromatic carbocycles. The van der Waals surface area contributed by atoms with Gasteiger partial charge in [-0.2, -0.15) is 36.8 Å². The van der Waals surface area contributed by atoms with E-state index < -0.39 is 42.1 Å². The lowest BCUT2D eigenvalue weighted by molar-refractivity contribution is 0.252. The van der Waals surface area contributed by atoms with E-state index in [1.165, 1.54) is 59.1 Å². The molecule has 312 valence electrons. The fourth-order valence-electron chi connectivity index (χ4n) is 5.46. The van der Waals surface area contributed by atoms with Crippen LogP contribution < -0.4 is 31.5 Å². The van der Waals surface area contributed by atoms with Crippen LogP contribution in [0, 0.1) is 0 Å². The van der Waals surface area contributed by atoms with E-state index in [2.05, 4.69) is 51.4 Å². The minimum absolute atomic E-state index is 0.00366. The lowest BCUT2D eigenvalue weighted by Gasteiger charge is -2.27. The van der Waals surface area contributed by atoms with Gasteiger partial charge in [-0.1, -0.05) is 60.7 Å². The first kappa shape index (κ1) is 43.1. The summed E-state index contributed by atoms with van der Waals surface area (Å²) in [6.45, 7) is 2.66. The van der Waals surface area contributed by atoms with Crippen LogP contribution in [0.4, 0.5) is 46.5 Å². The number of aliphatic hydroxyl groups is 2. The summed E-state index contributed by atoms with van der Waals surface area (Å²) in [5.74, 6) is 0.322. The van der Waals surface area contributed by atoms with Gasteiger partial charge in [0, 0.05) is 23.5 Å². The van der Waals surface area contributed by atoms with E-state index in [9.17, 15) is 36.2 Å². The van der Waals surface area contributed by atoms with E-state index in [4.69, 9.17) is 0 Å². The molecule has 8 N–H and O–H groups in total. The molecule has 2 heterocycles. The minimum Gasteiger partial charge on any atom is -0.395 e. The summed E-state index contributed by atoms with van der Waals surface area (Å²) in [5.41, 5.74) is 7.51. The highest BCUT2D eigenvalue weighted by molar-refractivity contribution is 7.86. The molecular weight excluding hydrogens is 817 g/mol. The van der Waals surface area contributed by atoms with Crippen LogP contribution in [-0.4, -0.2) is 91.4 Å². The van der Waals surface area contributed by atoms with Crippen LogP contribution in [0.1, 0.15) is 25.0 Å². The van der Waals surface area contributed by atoms with Crippen LogP contribution in [0.5, 0.6) is 0 Å². The molecule has 0 aliphatic rings. The molecule has 0 spiro atoms. The van der Waals surface area contributed by atoms with Crippen molar-refractivity contribution in [1.82, 2.24) is 40.8 Å². The summed E-state index contributed by atoms with van der Waals surface area (Å²) < 4.78 is 72.1. The third-order valence-electron chi connectivity index (χ3n) is 8.33. The molecule has 22 heteroatoms. The molecule has 2 aromatic heterocycles. The van der Waals surface area contributed by atoms with E-state index in [-0.39, 0.29) is 59.5 Å². The van der Waals surface area contributed by atoms with Crippen LogP contribution in [0.15, 0.2) is 120 Å². The summed E-state index contributed by atoms with van der Waals surface area (Å²) in [4.78, 5) is 24.5. The van der Waals surface area contributed by atoms with Crippen LogP contribution in [0.25, 0.3) is 12.2 Å². The molecule has 2 atom stereocenters. The van der Waals surface area contributed by atoms with Crippen molar-refractivity contribution in [3.63, 3.8) is 0 Å². The number of hydrogen-bond donors (Lipinski definition) is 8. The second kappa shape index (κ2) is 19.0. The largest absolute Gasteiger partial charge is 0.395 e. The highest BCUT2D eigenvalue weighted by Crippen LogP contribution is 2.31. The molecule has 0 saturated carbocycles. The number of hydrogen-bond acceptors (Lipinski definition) is 18. The van der Waals surface area contributed by atoms with Crippen LogP contribution in [0.3, 0.4) is 0 Å². The first-order valence-electron chi connectivity index (χ1n) is 18.0. The number of para-hydroxylation sites is 2. The zero-order valence-electron chi connectivity index (χ0n) is 31.9. The van der Waals surface area contributed by atoms with Gasteiger partial charge in [-0.15, -0.1) is 0 Å². The molecule has 0 saturated heterocycles. The van der Waals surface area contributed by atoms with Crippen LogP contribution in [0.2, 0.25) is 0 Å². The Hall–Kier alpha value is -6.50. The maximum absolute atomic E-state index is 12.8. The van der Waals surface area contributed by atoms with Crippen molar-refractivity contribution >= 4 is 78.9 Å². The van der Waals surface area contributed by atoms with Gasteiger partial charge in [0.05, 0.1) is 24.6 Å².